The van der Waals surface area contributed by atoms with Gasteiger partial charge in [-0.15, -0.1) is 6.58 Å². The lowest BCUT2D eigenvalue weighted by Crippen LogP contribution is -2.45. The van der Waals surface area contributed by atoms with E-state index in [9.17, 15) is 0 Å². The van der Waals surface area contributed by atoms with Gasteiger partial charge in [-0.3, -0.25) is 4.90 Å². The van der Waals surface area contributed by atoms with E-state index in [0.29, 0.717) is 0 Å². The first-order valence-corrected chi connectivity index (χ1v) is 4.42. The second kappa shape index (κ2) is 4.52. The zero-order valence-corrected chi connectivity index (χ0v) is 7.42. The zero-order chi connectivity index (χ0) is 8.10. The molecule has 1 rings (SSSR count). The van der Waals surface area contributed by atoms with Gasteiger partial charge in [-0.05, 0) is 6.54 Å². The Labute approximate surface area is 69.5 Å². The molecule has 1 aliphatic rings. The highest BCUT2D eigenvalue weighted by molar-refractivity contribution is 4.78. The summed E-state index contributed by atoms with van der Waals surface area (Å²) < 4.78 is 0. The van der Waals surface area contributed by atoms with Gasteiger partial charge in [0.2, 0.25) is 0 Å². The van der Waals surface area contributed by atoms with E-state index in [0.717, 1.165) is 6.54 Å². The Bertz CT molecular complexity index is 115. The van der Waals surface area contributed by atoms with Crippen LogP contribution in [-0.4, -0.2) is 49.1 Å². The van der Waals surface area contributed by atoms with Crippen molar-refractivity contribution in [1.29, 1.82) is 0 Å². The van der Waals surface area contributed by atoms with Crippen LogP contribution in [0.2, 0.25) is 0 Å². The molecule has 0 amide bonds. The Morgan fingerprint density at radius 1 is 1.18 bits per heavy atom. The highest BCUT2D eigenvalue weighted by atomic mass is 15.2. The zero-order valence-electron chi connectivity index (χ0n) is 7.42. The minimum atomic E-state index is 1.05. The molecule has 0 radical (unpaired) electrons. The van der Waals surface area contributed by atoms with Crippen LogP contribution in [0.5, 0.6) is 0 Å². The SMILES string of the molecule is C=CCN1CCN(CC)CC1. The summed E-state index contributed by atoms with van der Waals surface area (Å²) in [7, 11) is 0. The lowest BCUT2D eigenvalue weighted by atomic mass is 10.3. The summed E-state index contributed by atoms with van der Waals surface area (Å²) in [6.45, 7) is 13.1. The quantitative estimate of drug-likeness (QED) is 0.555. The van der Waals surface area contributed by atoms with Crippen LogP contribution in [0, 0.1) is 0 Å². The van der Waals surface area contributed by atoms with Crippen molar-refractivity contribution in [1.82, 2.24) is 9.80 Å². The van der Waals surface area contributed by atoms with Gasteiger partial charge in [0, 0.05) is 32.7 Å². The fourth-order valence-electron chi connectivity index (χ4n) is 1.47. The van der Waals surface area contributed by atoms with E-state index >= 15 is 0 Å². The van der Waals surface area contributed by atoms with Crippen molar-refractivity contribution in [2.75, 3.05) is 39.3 Å². The van der Waals surface area contributed by atoms with E-state index in [2.05, 4.69) is 23.3 Å². The van der Waals surface area contributed by atoms with Crippen LogP contribution in [0.15, 0.2) is 12.7 Å². The van der Waals surface area contributed by atoms with Gasteiger partial charge in [-0.2, -0.15) is 0 Å². The molecular formula is C9H18N2. The van der Waals surface area contributed by atoms with Gasteiger partial charge in [0.05, 0.1) is 0 Å². The first-order valence-electron chi connectivity index (χ1n) is 4.42. The lowest BCUT2D eigenvalue weighted by Gasteiger charge is -2.33. The summed E-state index contributed by atoms with van der Waals surface area (Å²) in [5.41, 5.74) is 0. The Morgan fingerprint density at radius 3 is 2.18 bits per heavy atom. The standard InChI is InChI=1S/C9H18N2/c1-3-5-11-8-6-10(4-2)7-9-11/h3H,1,4-9H2,2H3. The third-order valence-corrected chi connectivity index (χ3v) is 2.30. The van der Waals surface area contributed by atoms with Crippen molar-refractivity contribution in [2.24, 2.45) is 0 Å². The van der Waals surface area contributed by atoms with Gasteiger partial charge in [0.1, 0.15) is 0 Å². The maximum atomic E-state index is 3.74. The van der Waals surface area contributed by atoms with Gasteiger partial charge < -0.3 is 4.90 Å². The third kappa shape index (κ3) is 2.64. The van der Waals surface area contributed by atoms with E-state index in [1.807, 2.05) is 6.08 Å². The maximum absolute atomic E-state index is 3.74. The summed E-state index contributed by atoms with van der Waals surface area (Å²) in [5.74, 6) is 0. The predicted octanol–water partition coefficient (Wildman–Crippen LogP) is 0.810. The van der Waals surface area contributed by atoms with Crippen molar-refractivity contribution >= 4 is 0 Å². The van der Waals surface area contributed by atoms with Crippen molar-refractivity contribution < 1.29 is 0 Å². The molecule has 11 heavy (non-hydrogen) atoms. The molecule has 2 nitrogen and oxygen atoms in total. The van der Waals surface area contributed by atoms with Gasteiger partial charge in [-0.1, -0.05) is 13.0 Å². The summed E-state index contributed by atoms with van der Waals surface area (Å²) >= 11 is 0. The number of hydrogen-bond acceptors (Lipinski definition) is 2. The first kappa shape index (κ1) is 8.75. The van der Waals surface area contributed by atoms with Crippen LogP contribution in [0.3, 0.4) is 0 Å². The Morgan fingerprint density at radius 2 is 1.73 bits per heavy atom. The molecule has 1 saturated heterocycles. The predicted molar refractivity (Wildman–Crippen MR) is 48.8 cm³/mol. The number of hydrogen-bond donors (Lipinski definition) is 0. The summed E-state index contributed by atoms with van der Waals surface area (Å²) in [6, 6.07) is 0. The summed E-state index contributed by atoms with van der Waals surface area (Å²) in [5, 5.41) is 0. The molecule has 0 bridgehead atoms. The molecule has 0 N–H and O–H groups in total. The molecule has 0 saturated carbocycles. The molecule has 0 spiro atoms. The number of likely N-dealkylation sites (N-methyl/N-ethyl adjacent to an activating group) is 1. The molecule has 1 heterocycles. The van der Waals surface area contributed by atoms with Gasteiger partial charge in [0.15, 0.2) is 0 Å². The van der Waals surface area contributed by atoms with Gasteiger partial charge in [0.25, 0.3) is 0 Å². The second-order valence-electron chi connectivity index (χ2n) is 3.02. The minimum Gasteiger partial charge on any atom is -0.301 e. The van der Waals surface area contributed by atoms with Crippen LogP contribution in [0.25, 0.3) is 0 Å². The van der Waals surface area contributed by atoms with Gasteiger partial charge in [-0.25, -0.2) is 0 Å². The van der Waals surface area contributed by atoms with Crippen LogP contribution in [0.4, 0.5) is 0 Å². The van der Waals surface area contributed by atoms with Crippen molar-refractivity contribution in [3.8, 4) is 0 Å². The van der Waals surface area contributed by atoms with E-state index in [4.69, 9.17) is 0 Å². The smallest absolute Gasteiger partial charge is 0.0161 e. The fourth-order valence-corrected chi connectivity index (χ4v) is 1.47. The van der Waals surface area contributed by atoms with Crippen molar-refractivity contribution in [2.45, 2.75) is 6.92 Å². The van der Waals surface area contributed by atoms with E-state index in [-0.39, 0.29) is 0 Å². The Hall–Kier alpha value is -0.340. The summed E-state index contributed by atoms with van der Waals surface area (Å²) in [6.07, 6.45) is 1.99. The highest BCUT2D eigenvalue weighted by Gasteiger charge is 2.13. The normalized spacial score (nSPS) is 21.9. The molecule has 1 aliphatic heterocycles. The topological polar surface area (TPSA) is 6.48 Å². The molecule has 64 valence electrons. The lowest BCUT2D eigenvalue weighted by molar-refractivity contribution is 0.148. The Kier molecular flexibility index (Phi) is 3.60. The molecule has 0 aromatic carbocycles. The Balaban J connectivity index is 2.18. The fraction of sp³-hybridized carbons (Fsp3) is 0.778. The van der Waals surface area contributed by atoms with Crippen LogP contribution in [0.1, 0.15) is 6.92 Å². The summed E-state index contributed by atoms with van der Waals surface area (Å²) in [4.78, 5) is 4.93. The third-order valence-electron chi connectivity index (χ3n) is 2.30. The number of rotatable bonds is 3. The molecule has 0 aromatic rings. The van der Waals surface area contributed by atoms with E-state index in [1.165, 1.54) is 32.7 Å². The van der Waals surface area contributed by atoms with Crippen LogP contribution >= 0.6 is 0 Å². The van der Waals surface area contributed by atoms with E-state index in [1.54, 1.807) is 0 Å². The number of piperazine rings is 1. The average molecular weight is 154 g/mol. The van der Waals surface area contributed by atoms with Crippen LogP contribution in [-0.2, 0) is 0 Å². The monoisotopic (exact) mass is 154 g/mol. The maximum Gasteiger partial charge on any atom is 0.0161 e. The minimum absolute atomic E-state index is 1.05. The average Bonchev–Trinajstić information content (AvgIpc) is 2.07. The van der Waals surface area contributed by atoms with Crippen molar-refractivity contribution in [3.63, 3.8) is 0 Å². The molecule has 0 aliphatic carbocycles. The van der Waals surface area contributed by atoms with E-state index < -0.39 is 0 Å². The largest absolute Gasteiger partial charge is 0.301 e. The molecule has 0 unspecified atom stereocenters. The van der Waals surface area contributed by atoms with Gasteiger partial charge >= 0.3 is 0 Å². The molecule has 0 atom stereocenters. The first-order chi connectivity index (χ1) is 5.36. The molecule has 0 aromatic heterocycles. The highest BCUT2D eigenvalue weighted by Crippen LogP contribution is 1.99. The molecule has 1 fully saturated rings. The second-order valence-corrected chi connectivity index (χ2v) is 3.02. The molecular weight excluding hydrogens is 136 g/mol. The number of nitrogens with zero attached hydrogens (tertiary/aromatic N) is 2. The van der Waals surface area contributed by atoms with Crippen LogP contribution < -0.4 is 0 Å². The van der Waals surface area contributed by atoms with Crippen molar-refractivity contribution in [3.05, 3.63) is 12.7 Å². The molecule has 2 heteroatoms.